The molecule has 0 aliphatic carbocycles. The van der Waals surface area contributed by atoms with Gasteiger partial charge in [0.15, 0.2) is 0 Å². The number of carbonyl (C=O) groups is 1. The first kappa shape index (κ1) is 12.6. The molecule has 0 saturated carbocycles. The van der Waals surface area contributed by atoms with Crippen molar-refractivity contribution in [3.05, 3.63) is 36.0 Å². The second-order valence-corrected chi connectivity index (χ2v) is 5.20. The highest BCUT2D eigenvalue weighted by molar-refractivity contribution is 5.89. The molecular weight excluding hydrogens is 230 g/mol. The Bertz CT molecular complexity index is 566. The highest BCUT2D eigenvalue weighted by atomic mass is 16.6. The first-order chi connectivity index (χ1) is 8.38. The number of aromatic nitrogens is 1. The fourth-order valence-corrected chi connectivity index (χ4v) is 1.79. The Morgan fingerprint density at radius 1 is 1.28 bits per heavy atom. The molecule has 0 fully saturated rings. The van der Waals surface area contributed by atoms with Gasteiger partial charge in [0.05, 0.1) is 0 Å². The molecule has 1 aromatic heterocycles. The summed E-state index contributed by atoms with van der Waals surface area (Å²) in [4.78, 5) is 14.7. The van der Waals surface area contributed by atoms with Crippen LogP contribution in [0.4, 0.5) is 0 Å². The highest BCUT2D eigenvalue weighted by Crippen LogP contribution is 2.26. The smallest absolute Gasteiger partial charge is 0.343 e. The molecule has 0 aliphatic heterocycles. The number of ether oxygens (including phenoxy) is 1. The summed E-state index contributed by atoms with van der Waals surface area (Å²) in [7, 11) is 0. The van der Waals surface area contributed by atoms with E-state index in [1.54, 1.807) is 27.0 Å². The van der Waals surface area contributed by atoms with Gasteiger partial charge in [-0.3, -0.25) is 0 Å². The number of para-hydroxylation sites is 1. The van der Waals surface area contributed by atoms with E-state index < -0.39 is 17.7 Å². The van der Waals surface area contributed by atoms with Gasteiger partial charge in [0.2, 0.25) is 6.10 Å². The van der Waals surface area contributed by atoms with Gasteiger partial charge in [0.25, 0.3) is 0 Å². The van der Waals surface area contributed by atoms with E-state index in [0.29, 0.717) is 5.56 Å². The van der Waals surface area contributed by atoms with E-state index in [4.69, 9.17) is 4.74 Å². The summed E-state index contributed by atoms with van der Waals surface area (Å²) >= 11 is 0. The van der Waals surface area contributed by atoms with Crippen molar-refractivity contribution in [1.82, 2.24) is 4.98 Å². The Hall–Kier alpha value is -1.81. The van der Waals surface area contributed by atoms with Crippen molar-refractivity contribution >= 4 is 16.9 Å². The Balaban J connectivity index is 2.28. The molecule has 0 aliphatic rings. The second kappa shape index (κ2) is 4.46. The van der Waals surface area contributed by atoms with Crippen molar-refractivity contribution in [2.45, 2.75) is 32.5 Å². The number of esters is 1. The SMILES string of the molecule is CC(C)(C)OC(=O)C([O])c1c[nH]c2ccccc12. The molecular formula is C14H16NO3. The van der Waals surface area contributed by atoms with E-state index in [1.807, 2.05) is 24.3 Å². The van der Waals surface area contributed by atoms with Crippen molar-refractivity contribution in [2.75, 3.05) is 0 Å². The number of H-pyrrole nitrogens is 1. The maximum atomic E-state index is 12.1. The molecule has 4 heteroatoms. The van der Waals surface area contributed by atoms with Crippen molar-refractivity contribution in [2.24, 2.45) is 0 Å². The van der Waals surface area contributed by atoms with Crippen molar-refractivity contribution in [1.29, 1.82) is 0 Å². The average molecular weight is 246 g/mol. The van der Waals surface area contributed by atoms with Crippen LogP contribution in [0, 0.1) is 0 Å². The molecule has 1 heterocycles. The van der Waals surface area contributed by atoms with Crippen LogP contribution in [0.25, 0.3) is 10.9 Å². The highest BCUT2D eigenvalue weighted by Gasteiger charge is 2.27. The minimum Gasteiger partial charge on any atom is -0.458 e. The number of hydrogen-bond acceptors (Lipinski definition) is 2. The van der Waals surface area contributed by atoms with Crippen LogP contribution >= 0.6 is 0 Å². The van der Waals surface area contributed by atoms with Gasteiger partial charge in [0.1, 0.15) is 5.60 Å². The maximum absolute atomic E-state index is 12.1. The van der Waals surface area contributed by atoms with Gasteiger partial charge in [0, 0.05) is 22.7 Å². The van der Waals surface area contributed by atoms with Gasteiger partial charge in [-0.05, 0) is 26.8 Å². The number of benzene rings is 1. The average Bonchev–Trinajstić information content (AvgIpc) is 2.69. The lowest BCUT2D eigenvalue weighted by Gasteiger charge is -2.20. The lowest BCUT2D eigenvalue weighted by atomic mass is 10.1. The van der Waals surface area contributed by atoms with Crippen LogP contribution in [0.15, 0.2) is 30.5 Å². The Morgan fingerprint density at radius 3 is 2.61 bits per heavy atom. The van der Waals surface area contributed by atoms with Crippen LogP contribution in [0.1, 0.15) is 32.4 Å². The minimum absolute atomic E-state index is 0.430. The van der Waals surface area contributed by atoms with Crippen LogP contribution in [-0.4, -0.2) is 16.6 Å². The fourth-order valence-electron chi connectivity index (χ4n) is 1.79. The first-order valence-corrected chi connectivity index (χ1v) is 5.83. The lowest BCUT2D eigenvalue weighted by molar-refractivity contribution is -0.169. The largest absolute Gasteiger partial charge is 0.458 e. The Morgan fingerprint density at radius 2 is 1.94 bits per heavy atom. The monoisotopic (exact) mass is 246 g/mol. The summed E-state index contributed by atoms with van der Waals surface area (Å²) < 4.78 is 5.11. The normalized spacial score (nSPS) is 13.6. The van der Waals surface area contributed by atoms with E-state index in [9.17, 15) is 9.90 Å². The zero-order valence-electron chi connectivity index (χ0n) is 10.7. The second-order valence-electron chi connectivity index (χ2n) is 5.20. The molecule has 1 N–H and O–H groups in total. The van der Waals surface area contributed by atoms with Crippen LogP contribution < -0.4 is 0 Å². The zero-order chi connectivity index (χ0) is 13.3. The zero-order valence-corrected chi connectivity index (χ0v) is 10.7. The summed E-state index contributed by atoms with van der Waals surface area (Å²) in [6.45, 7) is 5.23. The topological polar surface area (TPSA) is 62.0 Å². The van der Waals surface area contributed by atoms with E-state index in [-0.39, 0.29) is 0 Å². The minimum atomic E-state index is -1.51. The van der Waals surface area contributed by atoms with Crippen molar-refractivity contribution in [3.8, 4) is 0 Å². The molecule has 4 nitrogen and oxygen atoms in total. The number of hydrogen-bond donors (Lipinski definition) is 1. The Labute approximate surface area is 106 Å². The lowest BCUT2D eigenvalue weighted by Crippen LogP contribution is -2.27. The third-order valence-corrected chi connectivity index (χ3v) is 2.52. The molecule has 2 aromatic rings. The molecule has 0 saturated heterocycles. The fraction of sp³-hybridized carbons (Fsp3) is 0.357. The molecule has 2 rings (SSSR count). The Kier molecular flexibility index (Phi) is 3.13. The van der Waals surface area contributed by atoms with Gasteiger partial charge >= 0.3 is 5.97 Å². The summed E-state index contributed by atoms with van der Waals surface area (Å²) in [6.07, 6.45) is 0.0621. The maximum Gasteiger partial charge on any atom is 0.343 e. The van der Waals surface area contributed by atoms with Gasteiger partial charge < -0.3 is 9.72 Å². The quantitative estimate of drug-likeness (QED) is 0.828. The van der Waals surface area contributed by atoms with Crippen LogP contribution in [0.3, 0.4) is 0 Å². The first-order valence-electron chi connectivity index (χ1n) is 5.83. The molecule has 1 radical (unpaired) electrons. The van der Waals surface area contributed by atoms with Crippen LogP contribution in [0.2, 0.25) is 0 Å². The summed E-state index contributed by atoms with van der Waals surface area (Å²) in [5.74, 6) is -0.743. The number of aromatic amines is 1. The summed E-state index contributed by atoms with van der Waals surface area (Å²) in [5, 5.41) is 12.9. The predicted octanol–water partition coefficient (Wildman–Crippen LogP) is 2.98. The number of fused-ring (bicyclic) bond motifs is 1. The predicted molar refractivity (Wildman–Crippen MR) is 67.6 cm³/mol. The van der Waals surface area contributed by atoms with Gasteiger partial charge in [-0.2, -0.15) is 0 Å². The van der Waals surface area contributed by atoms with Gasteiger partial charge in [-0.25, -0.2) is 9.90 Å². The van der Waals surface area contributed by atoms with Crippen molar-refractivity contribution < 1.29 is 14.6 Å². The molecule has 1 atom stereocenters. The number of nitrogens with one attached hydrogen (secondary N) is 1. The number of carbonyl (C=O) groups excluding carboxylic acids is 1. The van der Waals surface area contributed by atoms with E-state index in [1.165, 1.54) is 0 Å². The van der Waals surface area contributed by atoms with Crippen molar-refractivity contribution in [3.63, 3.8) is 0 Å². The standard InChI is InChI=1S/C14H16NO3/c1-14(2,3)18-13(17)12(16)10-8-15-11-7-5-4-6-9(10)11/h4-8,12,15H,1-3H3. The molecule has 0 spiro atoms. The summed E-state index contributed by atoms with van der Waals surface area (Å²) in [6, 6.07) is 7.38. The van der Waals surface area contributed by atoms with E-state index >= 15 is 0 Å². The van der Waals surface area contributed by atoms with E-state index in [0.717, 1.165) is 10.9 Å². The molecule has 0 amide bonds. The molecule has 1 unspecified atom stereocenters. The van der Waals surface area contributed by atoms with Gasteiger partial charge in [-0.1, -0.05) is 18.2 Å². The summed E-state index contributed by atoms with van der Waals surface area (Å²) in [5.41, 5.74) is 0.628. The molecule has 1 aromatic carbocycles. The van der Waals surface area contributed by atoms with E-state index in [2.05, 4.69) is 4.98 Å². The van der Waals surface area contributed by atoms with Crippen LogP contribution in [-0.2, 0) is 14.6 Å². The third-order valence-electron chi connectivity index (χ3n) is 2.52. The van der Waals surface area contributed by atoms with Crippen LogP contribution in [0.5, 0.6) is 0 Å². The van der Waals surface area contributed by atoms with Gasteiger partial charge in [-0.15, -0.1) is 0 Å². The third kappa shape index (κ3) is 2.54. The molecule has 0 bridgehead atoms. The molecule has 18 heavy (non-hydrogen) atoms. The molecule has 95 valence electrons. The number of rotatable bonds is 2.